The second-order valence-electron chi connectivity index (χ2n) is 5.11. The first kappa shape index (κ1) is 12.7. The van der Waals surface area contributed by atoms with Crippen molar-refractivity contribution in [2.24, 2.45) is 0 Å². The highest BCUT2D eigenvalue weighted by Crippen LogP contribution is 2.27. The summed E-state index contributed by atoms with van der Waals surface area (Å²) in [6, 6.07) is 0. The lowest BCUT2D eigenvalue weighted by Crippen LogP contribution is -2.23. The van der Waals surface area contributed by atoms with Gasteiger partial charge in [0, 0.05) is 11.6 Å². The Labute approximate surface area is 96.2 Å². The van der Waals surface area contributed by atoms with E-state index in [9.17, 15) is 9.59 Å². The fourth-order valence-corrected chi connectivity index (χ4v) is 1.52. The van der Waals surface area contributed by atoms with Gasteiger partial charge >= 0.3 is 5.97 Å². The first-order chi connectivity index (χ1) is 7.20. The zero-order valence-electron chi connectivity index (χ0n) is 10.5. The Bertz CT molecular complexity index is 392. The van der Waals surface area contributed by atoms with Gasteiger partial charge < -0.3 is 4.74 Å². The van der Waals surface area contributed by atoms with E-state index < -0.39 is 11.6 Å². The molecular formula is C13H18O3. The average Bonchev–Trinajstić information content (AvgIpc) is 2.30. The number of esters is 1. The smallest absolute Gasteiger partial charge is 0.331 e. The first-order valence-electron chi connectivity index (χ1n) is 5.35. The van der Waals surface area contributed by atoms with E-state index in [1.165, 1.54) is 6.08 Å². The van der Waals surface area contributed by atoms with Crippen LogP contribution < -0.4 is 0 Å². The Hall–Kier alpha value is -1.38. The molecule has 0 aromatic heterocycles. The quantitative estimate of drug-likeness (QED) is 0.506. The van der Waals surface area contributed by atoms with Gasteiger partial charge in [0.1, 0.15) is 5.60 Å². The molecule has 3 nitrogen and oxygen atoms in total. The van der Waals surface area contributed by atoms with Crippen LogP contribution in [0, 0.1) is 0 Å². The molecule has 0 aliphatic heterocycles. The van der Waals surface area contributed by atoms with E-state index in [1.54, 1.807) is 27.7 Å². The van der Waals surface area contributed by atoms with Crippen LogP contribution in [0.15, 0.2) is 22.8 Å². The largest absolute Gasteiger partial charge is 0.457 e. The van der Waals surface area contributed by atoms with Gasteiger partial charge in [0.05, 0.1) is 0 Å². The minimum absolute atomic E-state index is 0.0386. The maximum Gasteiger partial charge on any atom is 0.331 e. The topological polar surface area (TPSA) is 43.4 Å². The predicted molar refractivity (Wildman–Crippen MR) is 61.9 cm³/mol. The SMILES string of the molecule is CC1=C(C)C(=O)/C(=C\C(=O)OC(C)(C)C)C1. The Morgan fingerprint density at radius 2 is 1.88 bits per heavy atom. The van der Waals surface area contributed by atoms with Gasteiger partial charge in [-0.2, -0.15) is 0 Å². The lowest BCUT2D eigenvalue weighted by molar-refractivity contribution is -0.148. The third-order valence-electron chi connectivity index (χ3n) is 2.43. The molecule has 0 aromatic rings. The molecule has 0 aromatic carbocycles. The predicted octanol–water partition coefficient (Wildman–Crippen LogP) is 2.56. The normalized spacial score (nSPS) is 19.6. The van der Waals surface area contributed by atoms with E-state index >= 15 is 0 Å². The van der Waals surface area contributed by atoms with Crippen molar-refractivity contribution in [2.45, 2.75) is 46.6 Å². The number of hydrogen-bond donors (Lipinski definition) is 0. The highest BCUT2D eigenvalue weighted by atomic mass is 16.6. The number of hydrogen-bond acceptors (Lipinski definition) is 3. The molecule has 1 aliphatic rings. The number of carbonyl (C=O) groups excluding carboxylic acids is 2. The van der Waals surface area contributed by atoms with Crippen LogP contribution >= 0.6 is 0 Å². The summed E-state index contributed by atoms with van der Waals surface area (Å²) < 4.78 is 5.13. The summed E-state index contributed by atoms with van der Waals surface area (Å²) in [5.74, 6) is -0.485. The molecule has 0 saturated carbocycles. The molecule has 0 bridgehead atoms. The maximum absolute atomic E-state index is 11.7. The van der Waals surface area contributed by atoms with Crippen molar-refractivity contribution in [2.75, 3.05) is 0 Å². The molecule has 0 heterocycles. The highest BCUT2D eigenvalue weighted by molar-refractivity contribution is 6.13. The summed E-state index contributed by atoms with van der Waals surface area (Å²) >= 11 is 0. The van der Waals surface area contributed by atoms with Crippen LogP contribution in [0.4, 0.5) is 0 Å². The summed E-state index contributed by atoms with van der Waals surface area (Å²) in [6.07, 6.45) is 1.87. The van der Waals surface area contributed by atoms with Crippen LogP contribution in [0.25, 0.3) is 0 Å². The Morgan fingerprint density at radius 1 is 1.31 bits per heavy atom. The third kappa shape index (κ3) is 3.05. The molecule has 0 spiro atoms. The number of carbonyl (C=O) groups is 2. The zero-order valence-corrected chi connectivity index (χ0v) is 10.5. The first-order valence-corrected chi connectivity index (χ1v) is 5.35. The number of Topliss-reactive ketones (excluding diaryl/α,β-unsaturated/α-hetero) is 1. The Kier molecular flexibility index (Phi) is 3.36. The fraction of sp³-hybridized carbons (Fsp3) is 0.538. The van der Waals surface area contributed by atoms with Gasteiger partial charge in [-0.05, 0) is 46.6 Å². The van der Waals surface area contributed by atoms with Crippen LogP contribution in [0.1, 0.15) is 41.0 Å². The van der Waals surface area contributed by atoms with Crippen LogP contribution in [-0.2, 0) is 14.3 Å². The van der Waals surface area contributed by atoms with E-state index in [0.717, 1.165) is 11.1 Å². The molecule has 1 rings (SSSR count). The molecule has 0 radical (unpaired) electrons. The number of allylic oxidation sites excluding steroid dienone is 3. The van der Waals surface area contributed by atoms with Gasteiger partial charge in [0.15, 0.2) is 5.78 Å². The van der Waals surface area contributed by atoms with Crippen molar-refractivity contribution in [3.63, 3.8) is 0 Å². The van der Waals surface area contributed by atoms with Crippen molar-refractivity contribution < 1.29 is 14.3 Å². The molecule has 0 saturated heterocycles. The van der Waals surface area contributed by atoms with Gasteiger partial charge in [-0.3, -0.25) is 4.79 Å². The fourth-order valence-electron chi connectivity index (χ4n) is 1.52. The highest BCUT2D eigenvalue weighted by Gasteiger charge is 2.24. The molecule has 0 unspecified atom stereocenters. The van der Waals surface area contributed by atoms with Gasteiger partial charge in [-0.15, -0.1) is 0 Å². The van der Waals surface area contributed by atoms with Crippen LogP contribution in [0.2, 0.25) is 0 Å². The molecule has 0 N–H and O–H groups in total. The van der Waals surface area contributed by atoms with Crippen LogP contribution in [0.3, 0.4) is 0 Å². The van der Waals surface area contributed by atoms with E-state index in [0.29, 0.717) is 12.0 Å². The Morgan fingerprint density at radius 3 is 2.25 bits per heavy atom. The average molecular weight is 222 g/mol. The summed E-state index contributed by atoms with van der Waals surface area (Å²) in [5.41, 5.74) is 1.78. The minimum Gasteiger partial charge on any atom is -0.457 e. The molecular weight excluding hydrogens is 204 g/mol. The molecule has 88 valence electrons. The Balaban J connectivity index is 2.75. The van der Waals surface area contributed by atoms with Crippen molar-refractivity contribution in [3.8, 4) is 0 Å². The second-order valence-corrected chi connectivity index (χ2v) is 5.11. The molecule has 0 fully saturated rings. The molecule has 0 atom stereocenters. The van der Waals surface area contributed by atoms with E-state index in [4.69, 9.17) is 4.74 Å². The van der Waals surface area contributed by atoms with Crippen LogP contribution in [0.5, 0.6) is 0 Å². The monoisotopic (exact) mass is 222 g/mol. The second kappa shape index (κ2) is 4.24. The van der Waals surface area contributed by atoms with Crippen molar-refractivity contribution in [3.05, 3.63) is 22.8 Å². The molecule has 0 amide bonds. The van der Waals surface area contributed by atoms with Gasteiger partial charge in [0.2, 0.25) is 0 Å². The van der Waals surface area contributed by atoms with E-state index in [2.05, 4.69) is 0 Å². The zero-order chi connectivity index (χ0) is 12.5. The summed E-state index contributed by atoms with van der Waals surface area (Å²) in [5, 5.41) is 0. The van der Waals surface area contributed by atoms with E-state index in [-0.39, 0.29) is 5.78 Å². The summed E-state index contributed by atoms with van der Waals surface area (Å²) in [6.45, 7) is 9.09. The third-order valence-corrected chi connectivity index (χ3v) is 2.43. The molecule has 16 heavy (non-hydrogen) atoms. The number of ether oxygens (including phenoxy) is 1. The van der Waals surface area contributed by atoms with Crippen LogP contribution in [-0.4, -0.2) is 17.4 Å². The van der Waals surface area contributed by atoms with Crippen molar-refractivity contribution in [1.82, 2.24) is 0 Å². The lowest BCUT2D eigenvalue weighted by atomic mass is 10.1. The number of ketones is 1. The summed E-state index contributed by atoms with van der Waals surface area (Å²) in [4.78, 5) is 23.2. The van der Waals surface area contributed by atoms with E-state index in [1.807, 2.05) is 6.92 Å². The molecule has 3 heteroatoms. The minimum atomic E-state index is -0.521. The van der Waals surface area contributed by atoms with Crippen molar-refractivity contribution >= 4 is 11.8 Å². The molecule has 1 aliphatic carbocycles. The summed E-state index contributed by atoms with van der Waals surface area (Å²) in [7, 11) is 0. The number of rotatable bonds is 1. The van der Waals surface area contributed by atoms with Gasteiger partial charge in [-0.1, -0.05) is 5.57 Å². The van der Waals surface area contributed by atoms with Gasteiger partial charge in [-0.25, -0.2) is 4.79 Å². The maximum atomic E-state index is 11.7. The van der Waals surface area contributed by atoms with Crippen molar-refractivity contribution in [1.29, 1.82) is 0 Å². The lowest BCUT2D eigenvalue weighted by Gasteiger charge is -2.18. The van der Waals surface area contributed by atoms with Gasteiger partial charge in [0.25, 0.3) is 0 Å². The standard InChI is InChI=1S/C13H18O3/c1-8-6-10(12(15)9(8)2)7-11(14)16-13(3,4)5/h7H,6H2,1-5H3/b10-7-.